The van der Waals surface area contributed by atoms with E-state index in [2.05, 4.69) is 5.32 Å². The maximum atomic E-state index is 12.4. The van der Waals surface area contributed by atoms with Gasteiger partial charge in [-0.25, -0.2) is 0 Å². The van der Waals surface area contributed by atoms with Gasteiger partial charge in [0.15, 0.2) is 0 Å². The largest absolute Gasteiger partial charge is 0.398 e. The minimum Gasteiger partial charge on any atom is -0.398 e. The summed E-state index contributed by atoms with van der Waals surface area (Å²) in [7, 11) is 0. The molecule has 0 saturated heterocycles. The van der Waals surface area contributed by atoms with Crippen LogP contribution in [0.25, 0.3) is 10.1 Å². The number of hydrogen-bond donors (Lipinski definition) is 2. The van der Waals surface area contributed by atoms with Crippen LogP contribution >= 0.6 is 11.3 Å². The molecular formula is C16H14N2OS. The van der Waals surface area contributed by atoms with E-state index in [9.17, 15) is 4.79 Å². The summed E-state index contributed by atoms with van der Waals surface area (Å²) in [6.07, 6.45) is 0. The quantitative estimate of drug-likeness (QED) is 0.697. The van der Waals surface area contributed by atoms with Crippen molar-refractivity contribution in [2.75, 3.05) is 11.1 Å². The number of nitrogens with two attached hydrogens (primary N) is 1. The van der Waals surface area contributed by atoms with Gasteiger partial charge in [0.1, 0.15) is 0 Å². The van der Waals surface area contributed by atoms with Crippen LogP contribution in [0.1, 0.15) is 15.9 Å². The fourth-order valence-electron chi connectivity index (χ4n) is 2.13. The van der Waals surface area contributed by atoms with Crippen LogP contribution in [0.4, 0.5) is 11.4 Å². The van der Waals surface area contributed by atoms with Gasteiger partial charge in [-0.15, -0.1) is 11.3 Å². The van der Waals surface area contributed by atoms with Crippen LogP contribution in [0, 0.1) is 6.92 Å². The third kappa shape index (κ3) is 2.14. The van der Waals surface area contributed by atoms with Crippen molar-refractivity contribution in [3.63, 3.8) is 0 Å². The number of benzene rings is 2. The summed E-state index contributed by atoms with van der Waals surface area (Å²) in [6, 6.07) is 13.4. The fraction of sp³-hybridized carbons (Fsp3) is 0.0625. The van der Waals surface area contributed by atoms with Crippen LogP contribution in [0.3, 0.4) is 0 Å². The Kier molecular flexibility index (Phi) is 3.16. The van der Waals surface area contributed by atoms with Gasteiger partial charge in [-0.2, -0.15) is 0 Å². The van der Waals surface area contributed by atoms with Crippen LogP contribution in [0.15, 0.2) is 47.8 Å². The monoisotopic (exact) mass is 282 g/mol. The number of carbonyl (C=O) groups is 1. The van der Waals surface area contributed by atoms with E-state index in [0.717, 1.165) is 21.3 Å². The van der Waals surface area contributed by atoms with Crippen molar-refractivity contribution in [1.29, 1.82) is 0 Å². The van der Waals surface area contributed by atoms with Gasteiger partial charge in [0.25, 0.3) is 5.91 Å². The number of rotatable bonds is 2. The van der Waals surface area contributed by atoms with Crippen LogP contribution in [-0.2, 0) is 0 Å². The van der Waals surface area contributed by atoms with E-state index in [4.69, 9.17) is 5.73 Å². The standard InChI is InChI=1S/C16H14N2OS/c1-10-13(17)6-4-7-14(10)18-16(19)12-9-20-15-8-3-2-5-11(12)15/h2-9H,17H2,1H3,(H,18,19). The van der Waals surface area contributed by atoms with Crippen molar-refractivity contribution in [3.05, 3.63) is 59.0 Å². The van der Waals surface area contributed by atoms with Gasteiger partial charge in [-0.1, -0.05) is 24.3 Å². The summed E-state index contributed by atoms with van der Waals surface area (Å²) in [5.74, 6) is -0.101. The highest BCUT2D eigenvalue weighted by Gasteiger charge is 2.13. The Morgan fingerprint density at radius 2 is 1.95 bits per heavy atom. The van der Waals surface area contributed by atoms with Crippen molar-refractivity contribution in [2.24, 2.45) is 0 Å². The van der Waals surface area contributed by atoms with Gasteiger partial charge >= 0.3 is 0 Å². The first-order valence-electron chi connectivity index (χ1n) is 6.29. The molecule has 1 heterocycles. The highest BCUT2D eigenvalue weighted by molar-refractivity contribution is 7.17. The molecule has 2 aromatic carbocycles. The Bertz CT molecular complexity index is 792. The summed E-state index contributed by atoms with van der Waals surface area (Å²) < 4.78 is 1.11. The summed E-state index contributed by atoms with van der Waals surface area (Å²) in [6.45, 7) is 1.90. The average Bonchev–Trinajstić information content (AvgIpc) is 2.88. The lowest BCUT2D eigenvalue weighted by Gasteiger charge is -2.09. The third-order valence-electron chi connectivity index (χ3n) is 3.35. The Morgan fingerprint density at radius 1 is 1.15 bits per heavy atom. The van der Waals surface area contributed by atoms with Crippen LogP contribution < -0.4 is 11.1 Å². The van der Waals surface area contributed by atoms with Gasteiger partial charge in [-0.3, -0.25) is 4.79 Å². The number of hydrogen-bond acceptors (Lipinski definition) is 3. The predicted molar refractivity (Wildman–Crippen MR) is 85.4 cm³/mol. The average molecular weight is 282 g/mol. The maximum absolute atomic E-state index is 12.4. The molecule has 1 amide bonds. The third-order valence-corrected chi connectivity index (χ3v) is 4.31. The predicted octanol–water partition coefficient (Wildman–Crippen LogP) is 4.04. The van der Waals surface area contributed by atoms with Gasteiger partial charge in [0.05, 0.1) is 5.56 Å². The Balaban J connectivity index is 1.95. The lowest BCUT2D eigenvalue weighted by Crippen LogP contribution is -2.12. The minimum absolute atomic E-state index is 0.101. The lowest BCUT2D eigenvalue weighted by molar-refractivity contribution is 0.102. The molecule has 0 saturated carbocycles. The zero-order valence-electron chi connectivity index (χ0n) is 11.0. The molecule has 0 atom stereocenters. The van der Waals surface area contributed by atoms with E-state index < -0.39 is 0 Å². The Labute approximate surface area is 121 Å². The number of carbonyl (C=O) groups excluding carboxylic acids is 1. The zero-order valence-corrected chi connectivity index (χ0v) is 11.8. The summed E-state index contributed by atoms with van der Waals surface area (Å²) in [4.78, 5) is 12.4. The molecule has 3 N–H and O–H groups in total. The molecule has 1 aromatic heterocycles. The molecule has 4 heteroatoms. The molecular weight excluding hydrogens is 268 g/mol. The minimum atomic E-state index is -0.101. The molecule has 100 valence electrons. The second-order valence-electron chi connectivity index (χ2n) is 4.62. The molecule has 0 aliphatic heterocycles. The molecule has 0 radical (unpaired) electrons. The van der Waals surface area contributed by atoms with Crippen LogP contribution in [0.5, 0.6) is 0 Å². The van der Waals surface area contributed by atoms with E-state index in [1.807, 2.05) is 54.8 Å². The van der Waals surface area contributed by atoms with Gasteiger partial charge in [0.2, 0.25) is 0 Å². The highest BCUT2D eigenvalue weighted by atomic mass is 32.1. The second kappa shape index (κ2) is 4.98. The first-order chi connectivity index (χ1) is 9.66. The molecule has 0 aliphatic carbocycles. The molecule has 3 aromatic rings. The molecule has 3 rings (SSSR count). The SMILES string of the molecule is Cc1c(N)cccc1NC(=O)c1csc2ccccc12. The smallest absolute Gasteiger partial charge is 0.257 e. The first-order valence-corrected chi connectivity index (χ1v) is 7.17. The van der Waals surface area contributed by atoms with Crippen LogP contribution in [-0.4, -0.2) is 5.91 Å². The Morgan fingerprint density at radius 3 is 2.80 bits per heavy atom. The first kappa shape index (κ1) is 12.7. The summed E-state index contributed by atoms with van der Waals surface area (Å²) >= 11 is 1.57. The molecule has 0 aliphatic rings. The van der Waals surface area contributed by atoms with Gasteiger partial charge in [0, 0.05) is 26.8 Å². The summed E-state index contributed by atoms with van der Waals surface area (Å²) in [5, 5.41) is 5.81. The molecule has 20 heavy (non-hydrogen) atoms. The molecule has 0 unspecified atom stereocenters. The van der Waals surface area contributed by atoms with E-state index in [1.54, 1.807) is 11.3 Å². The van der Waals surface area contributed by atoms with Crippen molar-refractivity contribution in [3.8, 4) is 0 Å². The molecule has 0 fully saturated rings. The molecule has 0 bridgehead atoms. The number of nitrogen functional groups attached to an aromatic ring is 1. The molecule has 0 spiro atoms. The van der Waals surface area contributed by atoms with Gasteiger partial charge in [-0.05, 0) is 30.7 Å². The van der Waals surface area contributed by atoms with Gasteiger partial charge < -0.3 is 11.1 Å². The number of anilines is 2. The van der Waals surface area contributed by atoms with Crippen LogP contribution in [0.2, 0.25) is 0 Å². The zero-order chi connectivity index (χ0) is 14.1. The van der Waals surface area contributed by atoms with E-state index in [1.165, 1.54) is 0 Å². The highest BCUT2D eigenvalue weighted by Crippen LogP contribution is 2.27. The molecule has 3 nitrogen and oxygen atoms in total. The maximum Gasteiger partial charge on any atom is 0.257 e. The van der Waals surface area contributed by atoms with Crippen molar-refractivity contribution in [2.45, 2.75) is 6.92 Å². The second-order valence-corrected chi connectivity index (χ2v) is 5.53. The van der Waals surface area contributed by atoms with E-state index in [-0.39, 0.29) is 5.91 Å². The van der Waals surface area contributed by atoms with Crippen molar-refractivity contribution >= 4 is 38.7 Å². The van der Waals surface area contributed by atoms with E-state index in [0.29, 0.717) is 11.3 Å². The fourth-order valence-corrected chi connectivity index (χ4v) is 3.07. The van der Waals surface area contributed by atoms with E-state index >= 15 is 0 Å². The normalized spacial score (nSPS) is 10.7. The topological polar surface area (TPSA) is 55.1 Å². The van der Waals surface area contributed by atoms with Crippen molar-refractivity contribution < 1.29 is 4.79 Å². The number of fused-ring (bicyclic) bond motifs is 1. The number of amides is 1. The number of thiophene rings is 1. The summed E-state index contributed by atoms with van der Waals surface area (Å²) in [5.41, 5.74) is 8.88. The number of nitrogens with one attached hydrogen (secondary N) is 1. The lowest BCUT2D eigenvalue weighted by atomic mass is 10.1. The van der Waals surface area contributed by atoms with Crippen molar-refractivity contribution in [1.82, 2.24) is 0 Å². The Hall–Kier alpha value is -2.33.